The summed E-state index contributed by atoms with van der Waals surface area (Å²) in [4.78, 5) is 12.5. The fourth-order valence-electron chi connectivity index (χ4n) is 2.99. The maximum absolute atomic E-state index is 12.5. The molecule has 0 amide bonds. The Bertz CT molecular complexity index is 776. The zero-order valence-electron chi connectivity index (χ0n) is 14.0. The number of carbonyl (C=O) groups excluding carboxylic acids is 1. The van der Waals surface area contributed by atoms with Crippen LogP contribution in [0.3, 0.4) is 0 Å². The maximum Gasteiger partial charge on any atom is 0.336 e. The highest BCUT2D eigenvalue weighted by Crippen LogP contribution is 2.35. The molecule has 1 heterocycles. The van der Waals surface area contributed by atoms with Gasteiger partial charge in [-0.3, -0.25) is 0 Å². The molecule has 122 valence electrons. The number of hydrogen-bond acceptors (Lipinski definition) is 3. The predicted octanol–water partition coefficient (Wildman–Crippen LogP) is 4.25. The monoisotopic (exact) mass is 319 g/mol. The summed E-state index contributed by atoms with van der Waals surface area (Å²) in [5, 5.41) is 3.36. The Morgan fingerprint density at radius 1 is 1.04 bits per heavy atom. The minimum atomic E-state index is -0.264. The first-order valence-electron chi connectivity index (χ1n) is 8.17. The Hall–Kier alpha value is -2.81. The van der Waals surface area contributed by atoms with E-state index in [9.17, 15) is 4.79 Å². The van der Waals surface area contributed by atoms with Crippen molar-refractivity contribution in [2.45, 2.75) is 19.8 Å². The minimum absolute atomic E-state index is 0.123. The van der Waals surface area contributed by atoms with Crippen molar-refractivity contribution < 1.29 is 9.53 Å². The largest absolute Gasteiger partial charge is 0.463 e. The molecule has 2 aromatic carbocycles. The predicted molar refractivity (Wildman–Crippen MR) is 96.1 cm³/mol. The summed E-state index contributed by atoms with van der Waals surface area (Å²) in [6, 6.07) is 20.2. The summed E-state index contributed by atoms with van der Waals surface area (Å²) in [7, 11) is 0. The van der Waals surface area contributed by atoms with E-state index in [2.05, 4.69) is 23.5 Å². The molecule has 0 spiro atoms. The highest BCUT2D eigenvalue weighted by molar-refractivity contribution is 5.93. The van der Waals surface area contributed by atoms with Gasteiger partial charge < -0.3 is 10.1 Å². The number of nitrogens with one attached hydrogen (secondary N) is 1. The number of benzene rings is 2. The number of dihydropyridines is 1. The topological polar surface area (TPSA) is 38.3 Å². The van der Waals surface area contributed by atoms with Crippen LogP contribution in [-0.2, 0) is 9.53 Å². The summed E-state index contributed by atoms with van der Waals surface area (Å²) in [6.07, 6.45) is 2.10. The number of rotatable bonds is 4. The Balaban J connectivity index is 2.06. The molecule has 0 fully saturated rings. The normalized spacial score (nSPS) is 17.1. The zero-order valence-corrected chi connectivity index (χ0v) is 14.0. The minimum Gasteiger partial charge on any atom is -0.463 e. The fraction of sp³-hybridized carbons (Fsp3) is 0.190. The molecule has 3 nitrogen and oxygen atoms in total. The van der Waals surface area contributed by atoms with Gasteiger partial charge in [-0.25, -0.2) is 4.79 Å². The summed E-state index contributed by atoms with van der Waals surface area (Å²) in [6.45, 7) is 4.12. The van der Waals surface area contributed by atoms with Crippen LogP contribution in [0.15, 0.2) is 78.0 Å². The van der Waals surface area contributed by atoms with Crippen molar-refractivity contribution >= 4 is 11.7 Å². The molecule has 0 aromatic heterocycles. The molecule has 2 aromatic rings. The van der Waals surface area contributed by atoms with Crippen LogP contribution >= 0.6 is 0 Å². The van der Waals surface area contributed by atoms with Crippen molar-refractivity contribution in [1.82, 2.24) is 5.32 Å². The van der Waals surface area contributed by atoms with Crippen LogP contribution < -0.4 is 5.32 Å². The first-order chi connectivity index (χ1) is 11.7. The standard InChI is InChI=1S/C21H21NO2/c1-3-24-21(23)20-15(2)22-19(17-12-8-5-9-13-17)14-18(20)16-10-6-4-7-11-16/h4-14,18,22H,3H2,1-2H3. The van der Waals surface area contributed by atoms with Crippen LogP contribution in [0.4, 0.5) is 0 Å². The van der Waals surface area contributed by atoms with Crippen molar-refractivity contribution in [3.05, 3.63) is 89.1 Å². The van der Waals surface area contributed by atoms with E-state index in [0.29, 0.717) is 12.2 Å². The van der Waals surface area contributed by atoms with E-state index in [1.807, 2.05) is 62.4 Å². The molecule has 24 heavy (non-hydrogen) atoms. The van der Waals surface area contributed by atoms with Crippen molar-refractivity contribution in [3.63, 3.8) is 0 Å². The highest BCUT2D eigenvalue weighted by atomic mass is 16.5. The van der Waals surface area contributed by atoms with Gasteiger partial charge in [-0.2, -0.15) is 0 Å². The number of allylic oxidation sites excluding steroid dienone is 2. The lowest BCUT2D eigenvalue weighted by atomic mass is 9.86. The average Bonchev–Trinajstić information content (AvgIpc) is 2.62. The molecule has 1 unspecified atom stereocenters. The molecule has 1 aliphatic rings. The summed E-state index contributed by atoms with van der Waals surface area (Å²) in [5.74, 6) is -0.388. The Morgan fingerprint density at radius 3 is 2.29 bits per heavy atom. The molecule has 0 saturated heterocycles. The molecule has 1 aliphatic heterocycles. The SMILES string of the molecule is CCOC(=O)C1=C(C)NC(c2ccccc2)=CC1c1ccccc1. The van der Waals surface area contributed by atoms with Gasteiger partial charge in [-0.15, -0.1) is 0 Å². The van der Waals surface area contributed by atoms with Crippen molar-refractivity contribution in [2.24, 2.45) is 0 Å². The number of hydrogen-bond donors (Lipinski definition) is 1. The van der Waals surface area contributed by atoms with Gasteiger partial charge in [0.1, 0.15) is 0 Å². The second kappa shape index (κ2) is 7.18. The molecule has 0 saturated carbocycles. The summed E-state index contributed by atoms with van der Waals surface area (Å²) >= 11 is 0. The molecular formula is C21H21NO2. The molecule has 1 N–H and O–H groups in total. The lowest BCUT2D eigenvalue weighted by Gasteiger charge is -2.27. The smallest absolute Gasteiger partial charge is 0.336 e. The van der Waals surface area contributed by atoms with Gasteiger partial charge in [0.15, 0.2) is 0 Å². The fourth-order valence-corrected chi connectivity index (χ4v) is 2.99. The molecular weight excluding hydrogens is 298 g/mol. The molecule has 0 radical (unpaired) electrons. The van der Waals surface area contributed by atoms with Gasteiger partial charge in [0.2, 0.25) is 0 Å². The van der Waals surface area contributed by atoms with E-state index in [-0.39, 0.29) is 11.9 Å². The Kier molecular flexibility index (Phi) is 4.80. The van der Waals surface area contributed by atoms with Crippen molar-refractivity contribution in [2.75, 3.05) is 6.61 Å². The van der Waals surface area contributed by atoms with Crippen LogP contribution in [0.5, 0.6) is 0 Å². The zero-order chi connectivity index (χ0) is 16.9. The first-order valence-corrected chi connectivity index (χ1v) is 8.17. The van der Waals surface area contributed by atoms with Crippen LogP contribution in [0.2, 0.25) is 0 Å². The first kappa shape index (κ1) is 16.1. The second-order valence-electron chi connectivity index (χ2n) is 5.72. The van der Waals surface area contributed by atoms with Crippen molar-refractivity contribution in [1.29, 1.82) is 0 Å². The molecule has 1 atom stereocenters. The number of esters is 1. The number of ether oxygens (including phenoxy) is 1. The van der Waals surface area contributed by atoms with Crippen LogP contribution in [-0.4, -0.2) is 12.6 Å². The van der Waals surface area contributed by atoms with Crippen molar-refractivity contribution in [3.8, 4) is 0 Å². The Morgan fingerprint density at radius 2 is 1.67 bits per heavy atom. The molecule has 3 rings (SSSR count). The highest BCUT2D eigenvalue weighted by Gasteiger charge is 2.29. The molecule has 3 heteroatoms. The summed E-state index contributed by atoms with van der Waals surface area (Å²) in [5.41, 5.74) is 4.69. The van der Waals surface area contributed by atoms with Gasteiger partial charge in [-0.05, 0) is 31.1 Å². The van der Waals surface area contributed by atoms with E-state index in [0.717, 1.165) is 22.5 Å². The number of carbonyl (C=O) groups is 1. The van der Waals surface area contributed by atoms with Gasteiger partial charge >= 0.3 is 5.97 Å². The van der Waals surface area contributed by atoms with E-state index >= 15 is 0 Å². The molecule has 0 bridgehead atoms. The quantitative estimate of drug-likeness (QED) is 0.856. The Labute approximate surface area is 142 Å². The van der Waals surface area contributed by atoms with Crippen LogP contribution in [0, 0.1) is 0 Å². The van der Waals surface area contributed by atoms with Gasteiger partial charge in [-0.1, -0.05) is 60.7 Å². The van der Waals surface area contributed by atoms with E-state index < -0.39 is 0 Å². The van der Waals surface area contributed by atoms with E-state index in [1.54, 1.807) is 0 Å². The maximum atomic E-state index is 12.5. The van der Waals surface area contributed by atoms with Gasteiger partial charge in [0.25, 0.3) is 0 Å². The third-order valence-corrected chi connectivity index (χ3v) is 4.11. The van der Waals surface area contributed by atoms with Gasteiger partial charge in [0, 0.05) is 17.3 Å². The van der Waals surface area contributed by atoms with Gasteiger partial charge in [0.05, 0.1) is 12.2 Å². The summed E-state index contributed by atoms with van der Waals surface area (Å²) < 4.78 is 5.28. The lowest BCUT2D eigenvalue weighted by Crippen LogP contribution is -2.26. The average molecular weight is 319 g/mol. The third-order valence-electron chi connectivity index (χ3n) is 4.11. The van der Waals surface area contributed by atoms with E-state index in [1.165, 1.54) is 0 Å². The third kappa shape index (κ3) is 3.25. The van der Waals surface area contributed by atoms with Crippen LogP contribution in [0.25, 0.3) is 5.70 Å². The second-order valence-corrected chi connectivity index (χ2v) is 5.72. The lowest BCUT2D eigenvalue weighted by molar-refractivity contribution is -0.138. The molecule has 0 aliphatic carbocycles. The van der Waals surface area contributed by atoms with Crippen LogP contribution in [0.1, 0.15) is 30.9 Å². The van der Waals surface area contributed by atoms with E-state index in [4.69, 9.17) is 4.74 Å².